The summed E-state index contributed by atoms with van der Waals surface area (Å²) >= 11 is 0. The van der Waals surface area contributed by atoms with Crippen molar-refractivity contribution < 1.29 is 13.2 Å². The van der Waals surface area contributed by atoms with E-state index in [1.165, 1.54) is 25.7 Å². The van der Waals surface area contributed by atoms with E-state index in [9.17, 15) is 8.42 Å². The third-order valence-corrected chi connectivity index (χ3v) is 6.99. The molecule has 112 valence electrons. The van der Waals surface area contributed by atoms with E-state index in [1.54, 1.807) is 0 Å². The van der Waals surface area contributed by atoms with Gasteiger partial charge in [-0.05, 0) is 32.1 Å². The second kappa shape index (κ2) is 6.55. The lowest BCUT2D eigenvalue weighted by atomic mass is 9.86. The maximum Gasteiger partial charge on any atom is 0.157 e. The van der Waals surface area contributed by atoms with Crippen LogP contribution < -0.4 is 5.32 Å². The van der Waals surface area contributed by atoms with Crippen LogP contribution in [0.15, 0.2) is 0 Å². The Hall–Kier alpha value is -0.130. The maximum absolute atomic E-state index is 12.2. The average Bonchev–Trinajstić information content (AvgIpc) is 2.79. The van der Waals surface area contributed by atoms with E-state index in [2.05, 4.69) is 12.2 Å². The van der Waals surface area contributed by atoms with Crippen LogP contribution in [0.3, 0.4) is 0 Å². The highest BCUT2D eigenvalue weighted by molar-refractivity contribution is 7.92. The first-order valence-corrected chi connectivity index (χ1v) is 9.29. The molecule has 0 amide bonds. The molecule has 0 radical (unpaired) electrons. The summed E-state index contributed by atoms with van der Waals surface area (Å²) in [5.41, 5.74) is 0. The molecular formula is C14H27NO3S. The van der Waals surface area contributed by atoms with Crippen molar-refractivity contribution in [2.75, 3.05) is 18.9 Å². The first kappa shape index (κ1) is 15.3. The number of ether oxygens (including phenoxy) is 1. The van der Waals surface area contributed by atoms with Crippen molar-refractivity contribution in [3.05, 3.63) is 0 Å². The first-order chi connectivity index (χ1) is 9.00. The molecule has 1 heterocycles. The third-order valence-electron chi connectivity index (χ3n) is 4.67. The molecule has 0 bridgehead atoms. The van der Waals surface area contributed by atoms with Gasteiger partial charge in [-0.15, -0.1) is 0 Å². The Labute approximate surface area is 117 Å². The standard InChI is InChI=1S/C14H27NO3S/c1-11-5-3-4-6-13(11)15-8-10-19(16,17)14-7-9-18-12(14)2/h11-15H,3-10H2,1-2H3. The number of hydrogen-bond donors (Lipinski definition) is 1. The highest BCUT2D eigenvalue weighted by Crippen LogP contribution is 2.24. The van der Waals surface area contributed by atoms with Crippen LogP contribution in [0.4, 0.5) is 0 Å². The summed E-state index contributed by atoms with van der Waals surface area (Å²) in [6.07, 6.45) is 5.54. The zero-order valence-electron chi connectivity index (χ0n) is 12.1. The van der Waals surface area contributed by atoms with Crippen LogP contribution in [-0.4, -0.2) is 44.7 Å². The average molecular weight is 289 g/mol. The molecule has 0 spiro atoms. The zero-order chi connectivity index (χ0) is 13.9. The fourth-order valence-corrected chi connectivity index (χ4v) is 5.16. The highest BCUT2D eigenvalue weighted by Gasteiger charge is 2.35. The van der Waals surface area contributed by atoms with Gasteiger partial charge in [-0.2, -0.15) is 0 Å². The minimum atomic E-state index is -3.01. The van der Waals surface area contributed by atoms with Crippen molar-refractivity contribution in [1.82, 2.24) is 5.32 Å². The Kier molecular flexibility index (Phi) is 5.26. The molecule has 19 heavy (non-hydrogen) atoms. The summed E-state index contributed by atoms with van der Waals surface area (Å²) in [5, 5.41) is 3.15. The van der Waals surface area contributed by atoms with E-state index in [-0.39, 0.29) is 17.1 Å². The predicted octanol–water partition coefficient (Wildman–Crippen LogP) is 1.75. The number of sulfone groups is 1. The summed E-state index contributed by atoms with van der Waals surface area (Å²) in [6.45, 7) is 5.29. The van der Waals surface area contributed by atoms with Gasteiger partial charge < -0.3 is 10.1 Å². The van der Waals surface area contributed by atoms with Crippen molar-refractivity contribution in [1.29, 1.82) is 0 Å². The molecule has 1 saturated heterocycles. The topological polar surface area (TPSA) is 55.4 Å². The van der Waals surface area contributed by atoms with E-state index in [0.29, 0.717) is 31.5 Å². The van der Waals surface area contributed by atoms with E-state index in [0.717, 1.165) is 0 Å². The van der Waals surface area contributed by atoms with Crippen molar-refractivity contribution in [3.63, 3.8) is 0 Å². The van der Waals surface area contributed by atoms with Gasteiger partial charge in [-0.1, -0.05) is 19.8 Å². The maximum atomic E-state index is 12.2. The van der Waals surface area contributed by atoms with Crippen molar-refractivity contribution in [2.24, 2.45) is 5.92 Å². The van der Waals surface area contributed by atoms with Gasteiger partial charge in [0.2, 0.25) is 0 Å². The summed E-state index contributed by atoms with van der Waals surface area (Å²) in [6, 6.07) is 0.501. The molecule has 0 aromatic rings. The zero-order valence-corrected chi connectivity index (χ0v) is 12.9. The van der Waals surface area contributed by atoms with Crippen molar-refractivity contribution >= 4 is 9.84 Å². The van der Waals surface area contributed by atoms with Crippen LogP contribution in [0, 0.1) is 5.92 Å². The molecule has 1 aliphatic carbocycles. The summed E-state index contributed by atoms with van der Waals surface area (Å²) in [4.78, 5) is 0. The van der Waals surface area contributed by atoms with E-state index in [4.69, 9.17) is 4.74 Å². The molecule has 4 unspecified atom stereocenters. The monoisotopic (exact) mass is 289 g/mol. The van der Waals surface area contributed by atoms with Gasteiger partial charge in [0.05, 0.1) is 17.1 Å². The molecule has 4 nitrogen and oxygen atoms in total. The SMILES string of the molecule is CC1CCCCC1NCCS(=O)(=O)C1CCOC1C. The Morgan fingerprint density at radius 1 is 1.16 bits per heavy atom. The number of nitrogens with one attached hydrogen (secondary N) is 1. The van der Waals surface area contributed by atoms with Crippen LogP contribution in [0.2, 0.25) is 0 Å². The van der Waals surface area contributed by atoms with Crippen LogP contribution in [0.5, 0.6) is 0 Å². The second-order valence-corrected chi connectivity index (χ2v) is 8.43. The van der Waals surface area contributed by atoms with Crippen LogP contribution >= 0.6 is 0 Å². The molecule has 1 aliphatic heterocycles. The minimum Gasteiger partial charge on any atom is -0.377 e. The Morgan fingerprint density at radius 2 is 1.89 bits per heavy atom. The summed E-state index contributed by atoms with van der Waals surface area (Å²) in [5.74, 6) is 0.916. The Bertz CT molecular complexity index is 382. The van der Waals surface area contributed by atoms with Gasteiger partial charge in [-0.25, -0.2) is 8.42 Å². The molecule has 1 N–H and O–H groups in total. The highest BCUT2D eigenvalue weighted by atomic mass is 32.2. The first-order valence-electron chi connectivity index (χ1n) is 7.57. The van der Waals surface area contributed by atoms with E-state index >= 15 is 0 Å². The molecule has 5 heteroatoms. The van der Waals surface area contributed by atoms with Gasteiger partial charge in [0, 0.05) is 19.2 Å². The molecule has 0 aromatic carbocycles. The number of rotatable bonds is 5. The summed E-state index contributed by atoms with van der Waals surface area (Å²) in [7, 11) is -3.01. The van der Waals surface area contributed by atoms with Gasteiger partial charge in [0.25, 0.3) is 0 Å². The molecule has 2 aliphatic rings. The smallest absolute Gasteiger partial charge is 0.157 e. The molecule has 2 rings (SSSR count). The Balaban J connectivity index is 1.78. The van der Waals surface area contributed by atoms with E-state index < -0.39 is 9.84 Å². The van der Waals surface area contributed by atoms with E-state index in [1.807, 2.05) is 6.92 Å². The fourth-order valence-electron chi connectivity index (χ4n) is 3.34. The molecule has 4 atom stereocenters. The van der Waals surface area contributed by atoms with Crippen molar-refractivity contribution in [3.8, 4) is 0 Å². The van der Waals surface area contributed by atoms with Gasteiger partial charge in [0.15, 0.2) is 9.84 Å². The second-order valence-electron chi connectivity index (χ2n) is 6.09. The van der Waals surface area contributed by atoms with Gasteiger partial charge in [-0.3, -0.25) is 0 Å². The fraction of sp³-hybridized carbons (Fsp3) is 1.00. The normalized spacial score (nSPS) is 36.5. The van der Waals surface area contributed by atoms with Gasteiger partial charge in [0.1, 0.15) is 0 Å². The number of hydrogen-bond acceptors (Lipinski definition) is 4. The lowest BCUT2D eigenvalue weighted by Gasteiger charge is -2.29. The third kappa shape index (κ3) is 3.92. The minimum absolute atomic E-state index is 0.140. The Morgan fingerprint density at radius 3 is 2.53 bits per heavy atom. The van der Waals surface area contributed by atoms with Crippen molar-refractivity contribution in [2.45, 2.75) is 63.3 Å². The van der Waals surface area contributed by atoms with Gasteiger partial charge >= 0.3 is 0 Å². The van der Waals surface area contributed by atoms with Crippen LogP contribution in [-0.2, 0) is 14.6 Å². The lowest BCUT2D eigenvalue weighted by Crippen LogP contribution is -2.41. The molecule has 1 saturated carbocycles. The molecular weight excluding hydrogens is 262 g/mol. The summed E-state index contributed by atoms with van der Waals surface area (Å²) < 4.78 is 29.9. The molecule has 0 aromatic heterocycles. The lowest BCUT2D eigenvalue weighted by molar-refractivity contribution is 0.126. The van der Waals surface area contributed by atoms with Crippen LogP contribution in [0.1, 0.15) is 46.0 Å². The van der Waals surface area contributed by atoms with Crippen LogP contribution in [0.25, 0.3) is 0 Å². The molecule has 2 fully saturated rings. The predicted molar refractivity (Wildman–Crippen MR) is 77.0 cm³/mol. The largest absolute Gasteiger partial charge is 0.377 e. The quantitative estimate of drug-likeness (QED) is 0.838.